The third kappa shape index (κ3) is 2.37. The largest absolute Gasteiger partial charge is 0.136 e. The second kappa shape index (κ2) is 4.30. The predicted octanol–water partition coefficient (Wildman–Crippen LogP) is 3.16. The zero-order valence-corrected chi connectivity index (χ0v) is 9.41. The summed E-state index contributed by atoms with van der Waals surface area (Å²) in [6.07, 6.45) is 0. The van der Waals surface area contributed by atoms with Gasteiger partial charge in [-0.1, -0.05) is 54.9 Å². The van der Waals surface area contributed by atoms with Crippen molar-refractivity contribution in [3.05, 3.63) is 0 Å². The third-order valence-corrected chi connectivity index (χ3v) is 6.18. The van der Waals surface area contributed by atoms with E-state index >= 15 is 0 Å². The number of hydrogen-bond donors (Lipinski definition) is 0. The Morgan fingerprint density at radius 2 is 1.90 bits per heavy atom. The monoisotopic (exact) mass is 226 g/mol. The first-order valence-corrected chi connectivity index (χ1v) is 6.39. The van der Waals surface area contributed by atoms with Crippen molar-refractivity contribution < 1.29 is 0 Å². The van der Waals surface area contributed by atoms with Gasteiger partial charge in [-0.2, -0.15) is 0 Å². The molecule has 1 saturated heterocycles. The van der Waals surface area contributed by atoms with E-state index in [2.05, 4.69) is 6.92 Å². The van der Waals surface area contributed by atoms with E-state index in [0.717, 1.165) is 14.1 Å². The molecule has 10 heavy (non-hydrogen) atoms. The second-order valence-corrected chi connectivity index (χ2v) is 7.40. The normalized spacial score (nSPS) is 20.5. The van der Waals surface area contributed by atoms with Crippen LogP contribution in [0.1, 0.15) is 6.92 Å². The van der Waals surface area contributed by atoms with E-state index in [0.29, 0.717) is 3.91 Å². The van der Waals surface area contributed by atoms with Crippen LogP contribution in [0.4, 0.5) is 0 Å². The fraction of sp³-hybridized carbons (Fsp3) is 0.600. The van der Waals surface area contributed by atoms with Crippen LogP contribution in [-0.2, 0) is 0 Å². The Bertz CT molecular complexity index is 147. The van der Waals surface area contributed by atoms with E-state index in [1.165, 1.54) is 0 Å². The highest BCUT2D eigenvalue weighted by molar-refractivity contribution is 8.54. The number of thioether (sulfide) groups is 3. The molecule has 0 aromatic carbocycles. The van der Waals surface area contributed by atoms with Crippen LogP contribution in [0, 0.1) is 0 Å². The fourth-order valence-corrected chi connectivity index (χ4v) is 5.91. The second-order valence-electron chi connectivity index (χ2n) is 1.55. The molecule has 56 valence electrons. The van der Waals surface area contributed by atoms with Crippen LogP contribution in [0.25, 0.3) is 0 Å². The molecule has 0 saturated carbocycles. The lowest BCUT2D eigenvalue weighted by Crippen LogP contribution is -1.87. The van der Waals surface area contributed by atoms with Crippen LogP contribution in [0.15, 0.2) is 0 Å². The maximum atomic E-state index is 5.02. The van der Waals surface area contributed by atoms with Crippen molar-refractivity contribution in [1.82, 2.24) is 0 Å². The Kier molecular flexibility index (Phi) is 4.01. The average molecular weight is 226 g/mol. The van der Waals surface area contributed by atoms with Gasteiger partial charge in [-0.25, -0.2) is 0 Å². The molecule has 0 N–H and O–H groups in total. The average Bonchev–Trinajstić information content (AvgIpc) is 2.14. The van der Waals surface area contributed by atoms with E-state index in [-0.39, 0.29) is 0 Å². The summed E-state index contributed by atoms with van der Waals surface area (Å²) in [7, 11) is 0. The van der Waals surface area contributed by atoms with E-state index in [9.17, 15) is 0 Å². The maximum Gasteiger partial charge on any atom is 0.107 e. The zero-order chi connectivity index (χ0) is 7.56. The number of thiocarbonyl (C=S) groups is 2. The molecule has 5 heteroatoms. The minimum Gasteiger partial charge on any atom is -0.136 e. The molecule has 0 nitrogen and oxygen atoms in total. The quantitative estimate of drug-likeness (QED) is 0.661. The Hall–Kier alpha value is 1.23. The Labute approximate surface area is 84.3 Å². The summed E-state index contributed by atoms with van der Waals surface area (Å²) < 4.78 is 2.35. The van der Waals surface area contributed by atoms with Gasteiger partial charge in [0, 0.05) is 0 Å². The minimum absolute atomic E-state index is 0.532. The molecule has 0 aliphatic carbocycles. The first kappa shape index (κ1) is 9.32. The van der Waals surface area contributed by atoms with Crippen molar-refractivity contribution in [2.45, 2.75) is 10.8 Å². The van der Waals surface area contributed by atoms with Crippen molar-refractivity contribution in [1.29, 1.82) is 0 Å². The van der Waals surface area contributed by atoms with E-state index in [1.54, 1.807) is 23.5 Å². The molecule has 0 unspecified atom stereocenters. The van der Waals surface area contributed by atoms with Gasteiger partial charge in [0.2, 0.25) is 0 Å². The molecule has 1 rings (SSSR count). The van der Waals surface area contributed by atoms with Gasteiger partial charge >= 0.3 is 0 Å². The predicted molar refractivity (Wildman–Crippen MR) is 62.3 cm³/mol. The Morgan fingerprint density at radius 1 is 1.40 bits per heavy atom. The molecule has 0 amide bonds. The molecule has 1 aliphatic heterocycles. The number of hydrogen-bond acceptors (Lipinski definition) is 5. The highest BCUT2D eigenvalue weighted by Crippen LogP contribution is 2.43. The summed E-state index contributed by atoms with van der Waals surface area (Å²) in [4.78, 5) is 0. The third-order valence-electron chi connectivity index (χ3n) is 0.876. The zero-order valence-electron chi connectivity index (χ0n) is 5.33. The van der Waals surface area contributed by atoms with Gasteiger partial charge in [-0.15, -0.1) is 11.8 Å². The SMILES string of the molecule is CCSC1SC(=S)C(=S)S1. The lowest BCUT2D eigenvalue weighted by atomic mass is 10.9. The van der Waals surface area contributed by atoms with Gasteiger partial charge in [0.25, 0.3) is 0 Å². The highest BCUT2D eigenvalue weighted by atomic mass is 32.3. The maximum absolute atomic E-state index is 5.02. The first-order valence-electron chi connectivity index (χ1n) is 2.77. The van der Waals surface area contributed by atoms with Gasteiger partial charge in [-0.05, 0) is 5.75 Å². The first-order chi connectivity index (χ1) is 4.74. The van der Waals surface area contributed by atoms with Crippen LogP contribution >= 0.6 is 59.7 Å². The van der Waals surface area contributed by atoms with Crippen LogP contribution in [-0.4, -0.2) is 18.1 Å². The molecule has 0 aromatic heterocycles. The van der Waals surface area contributed by atoms with Gasteiger partial charge < -0.3 is 0 Å². The Morgan fingerprint density at radius 3 is 2.30 bits per heavy atom. The van der Waals surface area contributed by atoms with Crippen LogP contribution in [0.5, 0.6) is 0 Å². The lowest BCUT2D eigenvalue weighted by Gasteiger charge is -2.00. The molecule has 0 bridgehead atoms. The van der Waals surface area contributed by atoms with Crippen LogP contribution in [0.3, 0.4) is 0 Å². The van der Waals surface area contributed by atoms with E-state index in [1.807, 2.05) is 11.8 Å². The van der Waals surface area contributed by atoms with Gasteiger partial charge in [0.15, 0.2) is 0 Å². The molecule has 0 spiro atoms. The van der Waals surface area contributed by atoms with Crippen LogP contribution in [0.2, 0.25) is 0 Å². The molecule has 1 heterocycles. The summed E-state index contributed by atoms with van der Waals surface area (Å²) in [5.74, 6) is 1.13. The standard InChI is InChI=1S/C5H6S5/c1-2-8-5-9-3(6)4(7)10-5/h5H,2H2,1H3. The smallest absolute Gasteiger partial charge is 0.107 e. The van der Waals surface area contributed by atoms with Gasteiger partial charge in [0.1, 0.15) is 3.91 Å². The fourth-order valence-electron chi connectivity index (χ4n) is 0.499. The van der Waals surface area contributed by atoms with Crippen molar-refractivity contribution in [2.24, 2.45) is 0 Å². The Balaban J connectivity index is 2.41. The lowest BCUT2D eigenvalue weighted by molar-refractivity contribution is 1.53. The van der Waals surface area contributed by atoms with Crippen molar-refractivity contribution >= 4 is 68.1 Å². The summed E-state index contributed by atoms with van der Waals surface area (Å²) in [6, 6.07) is 0. The summed E-state index contributed by atoms with van der Waals surface area (Å²) in [5, 5.41) is 0. The summed E-state index contributed by atoms with van der Waals surface area (Å²) in [5.41, 5.74) is 0. The van der Waals surface area contributed by atoms with E-state index < -0.39 is 0 Å². The minimum atomic E-state index is 0.532. The van der Waals surface area contributed by atoms with Gasteiger partial charge in [0.05, 0.1) is 8.39 Å². The molecule has 0 atom stereocenters. The summed E-state index contributed by atoms with van der Waals surface area (Å²) >= 11 is 15.4. The molecule has 1 aliphatic rings. The topological polar surface area (TPSA) is 0 Å². The molecule has 0 aromatic rings. The highest BCUT2D eigenvalue weighted by Gasteiger charge is 2.25. The molecule has 1 fully saturated rings. The van der Waals surface area contributed by atoms with Gasteiger partial charge in [-0.3, -0.25) is 0 Å². The molecular formula is C5H6S5. The van der Waals surface area contributed by atoms with Crippen molar-refractivity contribution in [3.8, 4) is 0 Å². The molecular weight excluding hydrogens is 220 g/mol. The molecule has 0 radical (unpaired) electrons. The van der Waals surface area contributed by atoms with E-state index in [4.69, 9.17) is 24.4 Å². The van der Waals surface area contributed by atoms with Crippen molar-refractivity contribution in [2.75, 3.05) is 5.75 Å². The summed E-state index contributed by atoms with van der Waals surface area (Å²) in [6.45, 7) is 2.15. The van der Waals surface area contributed by atoms with Crippen LogP contribution < -0.4 is 0 Å². The van der Waals surface area contributed by atoms with Crippen molar-refractivity contribution in [3.63, 3.8) is 0 Å². The number of rotatable bonds is 2.